The Labute approximate surface area is 254 Å². The fourth-order valence-electron chi connectivity index (χ4n) is 6.12. The first-order valence-electron chi connectivity index (χ1n) is 14.7. The molecule has 2 aliphatic heterocycles. The van der Waals surface area contributed by atoms with Gasteiger partial charge in [0.05, 0.1) is 40.8 Å². The molecular formula is C33H33ClN4O5. The van der Waals surface area contributed by atoms with Crippen LogP contribution in [0.5, 0.6) is 5.88 Å². The van der Waals surface area contributed by atoms with Gasteiger partial charge in [0.1, 0.15) is 23.8 Å². The number of furan rings is 1. The molecule has 0 saturated carbocycles. The van der Waals surface area contributed by atoms with Crippen molar-refractivity contribution in [2.45, 2.75) is 57.9 Å². The van der Waals surface area contributed by atoms with Crippen molar-refractivity contribution in [2.75, 3.05) is 19.7 Å². The molecule has 1 N–H and O–H groups in total. The van der Waals surface area contributed by atoms with Crippen LogP contribution in [0.2, 0.25) is 5.02 Å². The first-order chi connectivity index (χ1) is 20.9. The second-order valence-electron chi connectivity index (χ2n) is 11.5. The number of carboxylic acids is 1. The van der Waals surface area contributed by atoms with Crippen molar-refractivity contribution in [1.82, 2.24) is 19.4 Å². The summed E-state index contributed by atoms with van der Waals surface area (Å²) in [7, 11) is 0. The average Bonchev–Trinajstić information content (AvgIpc) is 3.55. The van der Waals surface area contributed by atoms with Gasteiger partial charge in [-0.3, -0.25) is 4.90 Å². The van der Waals surface area contributed by atoms with Gasteiger partial charge >= 0.3 is 5.97 Å². The third-order valence-electron chi connectivity index (χ3n) is 8.58. The largest absolute Gasteiger partial charge is 0.478 e. The number of nitrogens with zero attached hydrogens (tertiary/aromatic N) is 4. The molecule has 5 heterocycles. The summed E-state index contributed by atoms with van der Waals surface area (Å²) >= 11 is 6.35. The number of likely N-dealkylation sites (tertiary alicyclic amines) is 1. The molecule has 2 aliphatic rings. The fourth-order valence-corrected chi connectivity index (χ4v) is 6.33. The number of aromatic carboxylic acids is 1. The van der Waals surface area contributed by atoms with Crippen LogP contribution in [0.3, 0.4) is 0 Å². The van der Waals surface area contributed by atoms with Gasteiger partial charge in [0.15, 0.2) is 0 Å². The lowest BCUT2D eigenvalue weighted by Crippen LogP contribution is -2.35. The van der Waals surface area contributed by atoms with E-state index >= 15 is 0 Å². The quantitative estimate of drug-likeness (QED) is 0.202. The predicted octanol–water partition coefficient (Wildman–Crippen LogP) is 6.59. The second kappa shape index (κ2) is 11.6. The van der Waals surface area contributed by atoms with Crippen molar-refractivity contribution in [3.05, 3.63) is 88.0 Å². The van der Waals surface area contributed by atoms with Gasteiger partial charge in [-0.25, -0.2) is 14.8 Å². The van der Waals surface area contributed by atoms with Crippen LogP contribution in [0.15, 0.2) is 59.0 Å². The molecule has 0 aliphatic carbocycles. The zero-order valence-electron chi connectivity index (χ0n) is 24.0. The van der Waals surface area contributed by atoms with Crippen molar-refractivity contribution in [1.29, 1.82) is 0 Å². The topological polar surface area (TPSA) is 103 Å². The van der Waals surface area contributed by atoms with E-state index in [0.29, 0.717) is 36.5 Å². The minimum absolute atomic E-state index is 0.143. The number of hydrogen-bond acceptors (Lipinski definition) is 7. The lowest BCUT2D eigenvalue weighted by atomic mass is 9.93. The summed E-state index contributed by atoms with van der Waals surface area (Å²) in [5, 5.41) is 11.1. The minimum atomic E-state index is -0.934. The molecule has 0 radical (unpaired) electrons. The van der Waals surface area contributed by atoms with Gasteiger partial charge in [0.2, 0.25) is 5.88 Å². The van der Waals surface area contributed by atoms with Gasteiger partial charge in [-0.2, -0.15) is 0 Å². The van der Waals surface area contributed by atoms with Crippen molar-refractivity contribution >= 4 is 39.6 Å². The molecular weight excluding hydrogens is 568 g/mol. The Balaban J connectivity index is 1.01. The molecule has 0 amide bonds. The highest BCUT2D eigenvalue weighted by Crippen LogP contribution is 2.32. The maximum absolute atomic E-state index is 11.6. The van der Waals surface area contributed by atoms with E-state index < -0.39 is 5.97 Å². The molecule has 222 valence electrons. The molecule has 2 fully saturated rings. The van der Waals surface area contributed by atoms with Crippen molar-refractivity contribution in [2.24, 2.45) is 0 Å². The number of fused-ring (bicyclic) bond motifs is 2. The van der Waals surface area contributed by atoms with E-state index in [2.05, 4.69) is 15.5 Å². The predicted molar refractivity (Wildman–Crippen MR) is 163 cm³/mol. The van der Waals surface area contributed by atoms with Crippen LogP contribution in [0.25, 0.3) is 22.0 Å². The molecule has 1 atom stereocenters. The first-order valence-corrected chi connectivity index (χ1v) is 15.1. The van der Waals surface area contributed by atoms with Crippen LogP contribution in [0.1, 0.15) is 58.4 Å². The standard InChI is InChI=1S/C33H33ClN4O5/c1-20-15-25-26(34)7-5-23(32(25)43-20)19-42-31-4-2-3-27(36-31)21-9-12-37(13-10-21)18-30-35-28-8-6-22(33(39)40)16-29(28)38(30)17-24-11-14-41-24/h2-8,15-16,21,24H,9-14,17-19H2,1H3,(H,39,40)/t24-/m0/s1. The molecule has 7 rings (SSSR count). The normalized spacial score (nSPS) is 17.9. The van der Waals surface area contributed by atoms with Crippen LogP contribution in [-0.4, -0.2) is 56.3 Å². The van der Waals surface area contributed by atoms with Crippen LogP contribution < -0.4 is 4.74 Å². The van der Waals surface area contributed by atoms with E-state index in [4.69, 9.17) is 35.5 Å². The number of ether oxygens (including phenoxy) is 2. The lowest BCUT2D eigenvalue weighted by molar-refractivity contribution is -0.0592. The van der Waals surface area contributed by atoms with Gasteiger partial charge in [-0.1, -0.05) is 23.7 Å². The highest BCUT2D eigenvalue weighted by atomic mass is 35.5. The van der Waals surface area contributed by atoms with Crippen LogP contribution >= 0.6 is 11.6 Å². The van der Waals surface area contributed by atoms with E-state index in [1.165, 1.54) is 0 Å². The molecule has 2 aromatic carbocycles. The van der Waals surface area contributed by atoms with E-state index in [9.17, 15) is 9.90 Å². The SMILES string of the molecule is Cc1cc2c(Cl)ccc(COc3cccc(C4CCN(Cc5nc6ccc(C(=O)O)cc6n5C[C@@H]5CCO5)CC4)n3)c2o1. The molecule has 3 aromatic heterocycles. The highest BCUT2D eigenvalue weighted by Gasteiger charge is 2.26. The van der Waals surface area contributed by atoms with Crippen LogP contribution in [-0.2, 0) is 24.4 Å². The molecule has 10 heteroatoms. The van der Waals surface area contributed by atoms with Gasteiger partial charge in [-0.15, -0.1) is 0 Å². The number of halogens is 1. The molecule has 5 aromatic rings. The van der Waals surface area contributed by atoms with Crippen LogP contribution in [0.4, 0.5) is 0 Å². The number of aromatic nitrogens is 3. The monoisotopic (exact) mass is 600 g/mol. The number of aryl methyl sites for hydroxylation is 1. The van der Waals surface area contributed by atoms with E-state index in [1.807, 2.05) is 37.3 Å². The molecule has 0 spiro atoms. The molecule has 2 saturated heterocycles. The van der Waals surface area contributed by atoms with E-state index in [-0.39, 0.29) is 11.7 Å². The summed E-state index contributed by atoms with van der Waals surface area (Å²) in [5.74, 6) is 1.76. The summed E-state index contributed by atoms with van der Waals surface area (Å²) in [6, 6.07) is 16.9. The van der Waals surface area contributed by atoms with E-state index in [1.54, 1.807) is 18.2 Å². The number of pyridine rings is 1. The molecule has 43 heavy (non-hydrogen) atoms. The third-order valence-corrected chi connectivity index (χ3v) is 8.91. The Kier molecular flexibility index (Phi) is 7.55. The van der Waals surface area contributed by atoms with Gasteiger partial charge in [0, 0.05) is 35.2 Å². The van der Waals surface area contributed by atoms with Crippen molar-refractivity contribution < 1.29 is 23.8 Å². The Bertz CT molecular complexity index is 1800. The fraction of sp³-hybridized carbons (Fsp3) is 0.364. The summed E-state index contributed by atoms with van der Waals surface area (Å²) in [4.78, 5) is 23.8. The van der Waals surface area contributed by atoms with Crippen LogP contribution in [0, 0.1) is 6.92 Å². The minimum Gasteiger partial charge on any atom is -0.478 e. The zero-order chi connectivity index (χ0) is 29.5. The highest BCUT2D eigenvalue weighted by molar-refractivity contribution is 6.35. The average molecular weight is 601 g/mol. The number of carboxylic acid groups (broad SMARTS) is 1. The lowest BCUT2D eigenvalue weighted by Gasteiger charge is -2.32. The second-order valence-corrected chi connectivity index (χ2v) is 11.9. The molecule has 9 nitrogen and oxygen atoms in total. The van der Waals surface area contributed by atoms with Gasteiger partial charge in [-0.05, 0) is 75.7 Å². The third kappa shape index (κ3) is 5.72. The van der Waals surface area contributed by atoms with Gasteiger partial charge in [0.25, 0.3) is 0 Å². The van der Waals surface area contributed by atoms with Crippen molar-refractivity contribution in [3.8, 4) is 5.88 Å². The molecule has 0 bridgehead atoms. The number of hydrogen-bond donors (Lipinski definition) is 1. The first kappa shape index (κ1) is 27.9. The summed E-state index contributed by atoms with van der Waals surface area (Å²) in [6.45, 7) is 6.25. The van der Waals surface area contributed by atoms with Crippen molar-refractivity contribution in [3.63, 3.8) is 0 Å². The number of rotatable bonds is 9. The number of carbonyl (C=O) groups is 1. The summed E-state index contributed by atoms with van der Waals surface area (Å²) in [6.07, 6.45) is 3.11. The number of piperidine rings is 1. The maximum atomic E-state index is 11.6. The Morgan fingerprint density at radius 1 is 1.09 bits per heavy atom. The number of benzene rings is 2. The summed E-state index contributed by atoms with van der Waals surface area (Å²) < 4.78 is 19.9. The summed E-state index contributed by atoms with van der Waals surface area (Å²) in [5.41, 5.74) is 4.67. The molecule has 0 unspecified atom stereocenters. The smallest absolute Gasteiger partial charge is 0.335 e. The Morgan fingerprint density at radius 3 is 2.70 bits per heavy atom. The Hall–Kier alpha value is -3.92. The maximum Gasteiger partial charge on any atom is 0.335 e. The Morgan fingerprint density at radius 2 is 1.93 bits per heavy atom. The van der Waals surface area contributed by atoms with E-state index in [0.717, 1.165) is 83.8 Å². The van der Waals surface area contributed by atoms with Gasteiger partial charge < -0.3 is 23.6 Å². The zero-order valence-corrected chi connectivity index (χ0v) is 24.7. The number of imidazole rings is 1.